The number of ether oxygens (including phenoxy) is 1. The molecule has 180 valence electrons. The third kappa shape index (κ3) is 4.91. The molecule has 5 rings (SSSR count). The van der Waals surface area contributed by atoms with Gasteiger partial charge in [0.15, 0.2) is 10.8 Å². The molecule has 0 saturated carbocycles. The number of amides is 2. The number of aromatic nitrogens is 4. The van der Waals surface area contributed by atoms with Crippen molar-refractivity contribution in [1.29, 1.82) is 0 Å². The van der Waals surface area contributed by atoms with Crippen LogP contribution in [0.3, 0.4) is 0 Å². The Kier molecular flexibility index (Phi) is 7.80. The van der Waals surface area contributed by atoms with E-state index >= 15 is 0 Å². The van der Waals surface area contributed by atoms with E-state index in [9.17, 15) is 19.5 Å². The van der Waals surface area contributed by atoms with Crippen LogP contribution in [0.15, 0.2) is 46.2 Å². The van der Waals surface area contributed by atoms with Gasteiger partial charge in [-0.2, -0.15) is 5.10 Å². The number of fused-ring (bicyclic) bond motifs is 2. The second-order valence-electron chi connectivity index (χ2n) is 7.67. The van der Waals surface area contributed by atoms with Crippen molar-refractivity contribution in [3.05, 3.63) is 46.6 Å². The Morgan fingerprint density at radius 2 is 2.19 bits per heavy atom. The second kappa shape index (κ2) is 10.7. The number of aromatic amines is 1. The molecule has 3 aromatic rings. The van der Waals surface area contributed by atoms with E-state index in [0.29, 0.717) is 21.7 Å². The predicted octanol–water partition coefficient (Wildman–Crippen LogP) is -3.36. The van der Waals surface area contributed by atoms with Gasteiger partial charge in [0.2, 0.25) is 5.91 Å². The van der Waals surface area contributed by atoms with E-state index in [1.165, 1.54) is 25.1 Å². The molecule has 1 unspecified atom stereocenters. The molecule has 2 aliphatic rings. The van der Waals surface area contributed by atoms with Crippen molar-refractivity contribution in [2.75, 3.05) is 18.6 Å². The molecule has 0 bridgehead atoms. The van der Waals surface area contributed by atoms with E-state index in [0.717, 1.165) is 22.2 Å². The summed E-state index contributed by atoms with van der Waals surface area (Å²) in [6.45, 7) is 0. The van der Waals surface area contributed by atoms with E-state index in [-0.39, 0.29) is 64.3 Å². The second-order valence-corrected chi connectivity index (χ2v) is 9.84. The maximum atomic E-state index is 12.9. The van der Waals surface area contributed by atoms with Crippen LogP contribution in [0.25, 0.3) is 11.0 Å². The van der Waals surface area contributed by atoms with Gasteiger partial charge in [0.25, 0.3) is 5.91 Å². The molecule has 2 aromatic heterocycles. The Hall–Kier alpha value is -2.78. The van der Waals surface area contributed by atoms with Gasteiger partial charge >= 0.3 is 29.6 Å². The number of nitrogens with two attached hydrogens (primary N) is 1. The Morgan fingerprint density at radius 1 is 1.39 bits per heavy atom. The fourth-order valence-corrected chi connectivity index (χ4v) is 6.26. The number of anilines is 1. The quantitative estimate of drug-likeness (QED) is 0.156. The van der Waals surface area contributed by atoms with E-state index in [4.69, 9.17) is 10.5 Å². The van der Waals surface area contributed by atoms with Gasteiger partial charge in [-0.1, -0.05) is 23.9 Å². The van der Waals surface area contributed by atoms with E-state index in [2.05, 4.69) is 25.5 Å². The number of benzene rings is 1. The molecular formula is C21H18N7NaO5S2. The number of hydrogen-bond acceptors (Lipinski definition) is 11. The van der Waals surface area contributed by atoms with Crippen molar-refractivity contribution in [3.63, 3.8) is 0 Å². The number of hydrogen-bond donors (Lipinski definition) is 3. The monoisotopic (exact) mass is 535 g/mol. The van der Waals surface area contributed by atoms with Gasteiger partial charge in [0.1, 0.15) is 23.0 Å². The number of carboxylic acids is 1. The van der Waals surface area contributed by atoms with Crippen molar-refractivity contribution in [3.8, 4) is 5.75 Å². The molecule has 12 nitrogen and oxygen atoms in total. The van der Waals surface area contributed by atoms with Crippen LogP contribution in [-0.4, -0.2) is 67.1 Å². The molecule has 0 radical (unpaired) electrons. The van der Waals surface area contributed by atoms with Crippen LogP contribution in [0, 0.1) is 0 Å². The molecule has 1 aromatic carbocycles. The van der Waals surface area contributed by atoms with Gasteiger partial charge in [-0.3, -0.25) is 19.6 Å². The van der Waals surface area contributed by atoms with Crippen molar-refractivity contribution in [2.45, 2.75) is 23.0 Å². The number of nitrogens with zero attached hydrogens (tertiary/aromatic N) is 4. The molecule has 4 heterocycles. The summed E-state index contributed by atoms with van der Waals surface area (Å²) in [5.74, 6) is -1.30. The van der Waals surface area contributed by atoms with Crippen LogP contribution < -0.4 is 50.5 Å². The summed E-state index contributed by atoms with van der Waals surface area (Å²) in [6, 6.07) is 6.21. The summed E-state index contributed by atoms with van der Waals surface area (Å²) < 4.78 is 5.16. The number of rotatable bonds is 7. The zero-order chi connectivity index (χ0) is 24.7. The van der Waals surface area contributed by atoms with Gasteiger partial charge in [-0.05, 0) is 17.7 Å². The third-order valence-corrected chi connectivity index (χ3v) is 7.89. The molecule has 2 amide bonds. The molecule has 4 N–H and O–H groups in total. The minimum absolute atomic E-state index is 0. The summed E-state index contributed by atoms with van der Waals surface area (Å²) in [5.41, 5.74) is 6.82. The number of nitrogen functional groups attached to an aromatic ring is 1. The van der Waals surface area contributed by atoms with E-state index in [1.807, 2.05) is 0 Å². The maximum Gasteiger partial charge on any atom is 1.00 e. The number of H-pyrrole nitrogens is 1. The minimum Gasteiger partial charge on any atom is -0.543 e. The van der Waals surface area contributed by atoms with Gasteiger partial charge in [-0.25, -0.2) is 9.97 Å². The first-order valence-electron chi connectivity index (χ1n) is 10.3. The number of carbonyl (C=O) groups is 3. The Morgan fingerprint density at radius 3 is 2.94 bits per heavy atom. The normalized spacial score (nSPS) is 18.8. The molecule has 1 saturated heterocycles. The first kappa shape index (κ1) is 26.3. The summed E-state index contributed by atoms with van der Waals surface area (Å²) >= 11 is 2.32. The molecular weight excluding hydrogens is 517 g/mol. The van der Waals surface area contributed by atoms with Crippen LogP contribution in [0.4, 0.5) is 5.82 Å². The molecule has 15 heteroatoms. The maximum absolute atomic E-state index is 12.9. The smallest absolute Gasteiger partial charge is 0.543 e. The van der Waals surface area contributed by atoms with Crippen LogP contribution in [-0.2, 0) is 20.8 Å². The molecule has 1 fully saturated rings. The Balaban J connectivity index is 0.00000304. The van der Waals surface area contributed by atoms with E-state index in [1.54, 1.807) is 24.3 Å². The first-order valence-corrected chi connectivity index (χ1v) is 12.2. The zero-order valence-corrected chi connectivity index (χ0v) is 22.8. The number of nitrogens with one attached hydrogen (secondary N) is 2. The Bertz CT molecular complexity index is 1400. The van der Waals surface area contributed by atoms with Gasteiger partial charge in [-0.15, -0.1) is 11.8 Å². The zero-order valence-electron chi connectivity index (χ0n) is 19.2. The van der Waals surface area contributed by atoms with Crippen LogP contribution in [0.1, 0.15) is 5.56 Å². The molecule has 2 atom stereocenters. The number of thioether (sulfide) groups is 2. The van der Waals surface area contributed by atoms with Crippen molar-refractivity contribution >= 4 is 58.2 Å². The van der Waals surface area contributed by atoms with Crippen LogP contribution in [0.5, 0.6) is 5.75 Å². The van der Waals surface area contributed by atoms with Gasteiger partial charge in [0, 0.05) is 10.7 Å². The molecule has 0 aliphatic carbocycles. The third-order valence-electron chi connectivity index (χ3n) is 5.48. The number of carbonyl (C=O) groups excluding carboxylic acids is 3. The summed E-state index contributed by atoms with van der Waals surface area (Å²) in [7, 11) is 1.53. The van der Waals surface area contributed by atoms with E-state index < -0.39 is 23.3 Å². The predicted molar refractivity (Wildman–Crippen MR) is 126 cm³/mol. The van der Waals surface area contributed by atoms with Crippen molar-refractivity contribution in [2.24, 2.45) is 0 Å². The largest absolute Gasteiger partial charge is 1.00 e. The van der Waals surface area contributed by atoms with Crippen molar-refractivity contribution in [1.82, 2.24) is 30.4 Å². The van der Waals surface area contributed by atoms with Gasteiger partial charge in [0.05, 0.1) is 36.8 Å². The molecule has 36 heavy (non-hydrogen) atoms. The fourth-order valence-electron chi connectivity index (χ4n) is 3.84. The summed E-state index contributed by atoms with van der Waals surface area (Å²) in [5, 5.41) is 21.5. The number of carboxylic acid groups (broad SMARTS) is 1. The fraction of sp³-hybridized carbons (Fsp3) is 0.238. The average Bonchev–Trinajstić information content (AvgIpc) is 3.31. The van der Waals surface area contributed by atoms with Gasteiger partial charge < -0.3 is 25.7 Å². The van der Waals surface area contributed by atoms with Crippen LogP contribution >= 0.6 is 23.5 Å². The molecule has 2 aliphatic heterocycles. The van der Waals surface area contributed by atoms with Crippen LogP contribution in [0.2, 0.25) is 0 Å². The topological polar surface area (TPSA) is 179 Å². The summed E-state index contributed by atoms with van der Waals surface area (Å²) in [6.07, 6.45) is 1.55. The molecule has 0 spiro atoms. The SMILES string of the molecule is COc1cccc(CC(=O)NC2C(=O)N3C(C(=O)[O-])=C(Sc4nc(N)c5cn[nH]c5n4)CS[C@H]23)c1.[Na+]. The standard InChI is InChI=1S/C21H19N7O5S2.Na/c1-33-10-4-2-3-9(5-10)6-13(29)24-14-18(30)28-15(20(31)32)12(8-34-19(14)28)35-21-25-16(22)11-7-23-27-17(11)26-21;/h2-5,7,14,19H,6,8H2,1H3,(H,24,29)(H,31,32)(H3,22,23,25,26,27);/q;+1/p-1/t14?,19-;/m1./s1. The minimum atomic E-state index is -1.50. The summed E-state index contributed by atoms with van der Waals surface area (Å²) in [4.78, 5) is 47.4. The number of β-lactam (4-membered cyclic amide) rings is 1. The first-order chi connectivity index (χ1) is 16.9. The van der Waals surface area contributed by atoms with Crippen molar-refractivity contribution < 1.29 is 53.8 Å². The number of aliphatic carboxylic acids is 1. The number of methoxy groups -OCH3 is 1. The average molecular weight is 536 g/mol. The Labute approximate surface area is 235 Å².